The number of amides is 2. The van der Waals surface area contributed by atoms with Gasteiger partial charge in [0.05, 0.1) is 25.4 Å². The molecule has 4 atom stereocenters. The van der Waals surface area contributed by atoms with E-state index >= 15 is 0 Å². The number of nitrogens with one attached hydrogen (secondary N) is 2. The van der Waals surface area contributed by atoms with Crippen molar-refractivity contribution in [1.29, 1.82) is 0 Å². The Morgan fingerprint density at radius 3 is 2.25 bits per heavy atom. The summed E-state index contributed by atoms with van der Waals surface area (Å²) >= 11 is 0. The molecule has 0 aromatic heterocycles. The van der Waals surface area contributed by atoms with E-state index in [1.807, 2.05) is 45.9 Å². The van der Waals surface area contributed by atoms with Crippen molar-refractivity contribution in [1.82, 2.24) is 10.6 Å². The van der Waals surface area contributed by atoms with Crippen LogP contribution in [0.15, 0.2) is 18.2 Å². The predicted octanol–water partition coefficient (Wildman–Crippen LogP) is 3.70. The zero-order valence-electron chi connectivity index (χ0n) is 26.2. The van der Waals surface area contributed by atoms with Gasteiger partial charge in [0.1, 0.15) is 0 Å². The lowest BCUT2D eigenvalue weighted by atomic mass is 9.80. The van der Waals surface area contributed by atoms with E-state index in [1.54, 1.807) is 14.2 Å². The first-order valence-corrected chi connectivity index (χ1v) is 14.5. The fraction of sp³-hybridized carbons (Fsp3) is 0.742. The summed E-state index contributed by atoms with van der Waals surface area (Å²) in [4.78, 5) is 24.5. The Balaban J connectivity index is 2.85. The molecule has 0 spiro atoms. The number of hydrogen-bond donors (Lipinski definition) is 4. The second-order valence-electron chi connectivity index (χ2n) is 12.2. The monoisotopic (exact) mass is 565 g/mol. The third kappa shape index (κ3) is 12.9. The van der Waals surface area contributed by atoms with Gasteiger partial charge in [-0.05, 0) is 68.6 Å². The second kappa shape index (κ2) is 17.5. The van der Waals surface area contributed by atoms with Crippen LogP contribution in [-0.4, -0.2) is 68.6 Å². The average Bonchev–Trinajstić information content (AvgIpc) is 2.86. The van der Waals surface area contributed by atoms with E-state index < -0.39 is 23.6 Å². The van der Waals surface area contributed by atoms with Crippen molar-refractivity contribution in [2.75, 3.05) is 34.0 Å². The highest BCUT2D eigenvalue weighted by Gasteiger charge is 2.31. The maximum absolute atomic E-state index is 13.0. The van der Waals surface area contributed by atoms with Gasteiger partial charge in [0, 0.05) is 45.6 Å². The van der Waals surface area contributed by atoms with Gasteiger partial charge in [-0.2, -0.15) is 0 Å². The average molecular weight is 566 g/mol. The highest BCUT2D eigenvalue weighted by Crippen LogP contribution is 2.31. The van der Waals surface area contributed by atoms with Crippen LogP contribution in [0, 0.1) is 23.7 Å². The first kappa shape index (κ1) is 35.7. The number of ether oxygens (including phenoxy) is 3. The molecule has 0 unspecified atom stereocenters. The highest BCUT2D eigenvalue weighted by molar-refractivity contribution is 5.79. The Morgan fingerprint density at radius 1 is 1.02 bits per heavy atom. The molecule has 1 aromatic rings. The van der Waals surface area contributed by atoms with Crippen molar-refractivity contribution in [3.05, 3.63) is 23.8 Å². The Bertz CT molecular complexity index is 905. The zero-order valence-corrected chi connectivity index (χ0v) is 26.2. The summed E-state index contributed by atoms with van der Waals surface area (Å²) in [6.45, 7) is 14.9. The van der Waals surface area contributed by atoms with Crippen LogP contribution < -0.4 is 25.8 Å². The van der Waals surface area contributed by atoms with E-state index in [1.165, 1.54) is 6.92 Å². The van der Waals surface area contributed by atoms with Crippen LogP contribution in [0.5, 0.6) is 11.5 Å². The maximum Gasteiger partial charge on any atom is 0.223 e. The van der Waals surface area contributed by atoms with Crippen LogP contribution in [-0.2, 0) is 20.7 Å². The van der Waals surface area contributed by atoms with Gasteiger partial charge >= 0.3 is 0 Å². The molecular weight excluding hydrogens is 510 g/mol. The van der Waals surface area contributed by atoms with Crippen LogP contribution in [0.2, 0.25) is 0 Å². The van der Waals surface area contributed by atoms with Gasteiger partial charge in [0.25, 0.3) is 0 Å². The Labute approximate surface area is 241 Å². The fourth-order valence-corrected chi connectivity index (χ4v) is 4.82. The Hall–Kier alpha value is -2.36. The number of hydrogen-bond acceptors (Lipinski definition) is 7. The Morgan fingerprint density at radius 2 is 1.70 bits per heavy atom. The van der Waals surface area contributed by atoms with Crippen LogP contribution in [0.4, 0.5) is 0 Å². The van der Waals surface area contributed by atoms with E-state index in [0.717, 1.165) is 18.4 Å². The van der Waals surface area contributed by atoms with Crippen molar-refractivity contribution in [2.45, 2.75) is 91.8 Å². The van der Waals surface area contributed by atoms with Crippen LogP contribution in [0.1, 0.15) is 73.3 Å². The number of carbonyl (C=O) groups excluding carboxylic acids is 2. The van der Waals surface area contributed by atoms with Gasteiger partial charge in [-0.15, -0.1) is 0 Å². The highest BCUT2D eigenvalue weighted by atomic mass is 16.5. The van der Waals surface area contributed by atoms with Gasteiger partial charge < -0.3 is 35.7 Å². The molecular formula is C31H55N3O6. The van der Waals surface area contributed by atoms with Gasteiger partial charge in [-0.3, -0.25) is 9.59 Å². The second-order valence-corrected chi connectivity index (χ2v) is 12.2. The third-order valence-electron chi connectivity index (χ3n) is 7.34. The number of nitrogens with two attached hydrogens (primary N) is 1. The van der Waals surface area contributed by atoms with E-state index in [-0.39, 0.29) is 30.1 Å². The minimum Gasteiger partial charge on any atom is -0.493 e. The summed E-state index contributed by atoms with van der Waals surface area (Å²) in [6, 6.07) is 5.51. The molecule has 1 rings (SSSR count). The number of aliphatic hydroxyl groups excluding tert-OH is 1. The molecule has 9 heteroatoms. The largest absolute Gasteiger partial charge is 0.493 e. The van der Waals surface area contributed by atoms with Crippen molar-refractivity contribution in [2.24, 2.45) is 29.4 Å². The molecule has 0 bridgehead atoms. The quantitative estimate of drug-likeness (QED) is 0.188. The summed E-state index contributed by atoms with van der Waals surface area (Å²) in [5.74, 6) is 1.29. The van der Waals surface area contributed by atoms with Gasteiger partial charge in [0.2, 0.25) is 11.8 Å². The summed E-state index contributed by atoms with van der Waals surface area (Å²) in [6.07, 6.45) is 1.64. The minimum absolute atomic E-state index is 0.0215. The van der Waals surface area contributed by atoms with E-state index in [2.05, 4.69) is 24.5 Å². The molecule has 5 N–H and O–H groups in total. The molecule has 0 aliphatic carbocycles. The fourth-order valence-electron chi connectivity index (χ4n) is 4.82. The smallest absolute Gasteiger partial charge is 0.223 e. The molecule has 0 aliphatic rings. The van der Waals surface area contributed by atoms with Crippen LogP contribution in [0.3, 0.4) is 0 Å². The van der Waals surface area contributed by atoms with Crippen molar-refractivity contribution in [3.63, 3.8) is 0 Å². The summed E-state index contributed by atoms with van der Waals surface area (Å²) in [5, 5.41) is 16.9. The lowest BCUT2D eigenvalue weighted by Crippen LogP contribution is -2.52. The summed E-state index contributed by atoms with van der Waals surface area (Å²) < 4.78 is 16.5. The standard InChI is InChI=1S/C31H55N3O6/c1-20(2)24(15-23-11-12-28(39-9)29(16-23)40-14-10-13-38-8)17-26(32)27(36)18-25(21(3)4)30(37)33-19-31(6,7)34-22(5)35/h11-12,16,20-21,24-27,36H,10,13-15,17-19,32H2,1-9H3,(H,33,37)(H,34,35)/t24-,25-,26-,27-/m0/s1. The molecule has 0 radical (unpaired) electrons. The number of aliphatic hydroxyl groups is 1. The maximum atomic E-state index is 13.0. The summed E-state index contributed by atoms with van der Waals surface area (Å²) in [5.41, 5.74) is 7.08. The van der Waals surface area contributed by atoms with E-state index in [0.29, 0.717) is 43.6 Å². The molecule has 40 heavy (non-hydrogen) atoms. The molecule has 2 amide bonds. The lowest BCUT2D eigenvalue weighted by Gasteiger charge is -2.31. The minimum atomic E-state index is -0.821. The molecule has 230 valence electrons. The lowest BCUT2D eigenvalue weighted by molar-refractivity contribution is -0.128. The molecule has 0 fully saturated rings. The van der Waals surface area contributed by atoms with E-state index in [4.69, 9.17) is 19.9 Å². The third-order valence-corrected chi connectivity index (χ3v) is 7.34. The SMILES string of the molecule is COCCCOc1cc(C[C@@H](C[C@H](N)[C@@H](O)C[C@H](C(=O)NCC(C)(C)NC(C)=O)C(C)C)C(C)C)ccc1OC. The first-order valence-electron chi connectivity index (χ1n) is 14.5. The van der Waals surface area contributed by atoms with Crippen LogP contribution in [0.25, 0.3) is 0 Å². The normalized spacial score (nSPS) is 14.9. The van der Waals surface area contributed by atoms with Crippen LogP contribution >= 0.6 is 0 Å². The molecule has 0 saturated heterocycles. The molecule has 0 heterocycles. The van der Waals surface area contributed by atoms with E-state index in [9.17, 15) is 14.7 Å². The number of methoxy groups -OCH3 is 2. The number of benzene rings is 1. The first-order chi connectivity index (χ1) is 18.7. The van der Waals surface area contributed by atoms with Crippen molar-refractivity contribution in [3.8, 4) is 11.5 Å². The molecule has 1 aromatic carbocycles. The van der Waals surface area contributed by atoms with Gasteiger partial charge in [0.15, 0.2) is 11.5 Å². The number of carbonyl (C=O) groups is 2. The van der Waals surface area contributed by atoms with Crippen molar-refractivity contribution < 1.29 is 28.9 Å². The molecule has 0 aliphatic heterocycles. The topological polar surface area (TPSA) is 132 Å². The molecule has 9 nitrogen and oxygen atoms in total. The van der Waals surface area contributed by atoms with Crippen molar-refractivity contribution >= 4 is 11.8 Å². The predicted molar refractivity (Wildman–Crippen MR) is 159 cm³/mol. The van der Waals surface area contributed by atoms with Gasteiger partial charge in [-0.25, -0.2) is 0 Å². The van der Waals surface area contributed by atoms with Gasteiger partial charge in [-0.1, -0.05) is 33.8 Å². The molecule has 0 saturated carbocycles. The zero-order chi connectivity index (χ0) is 30.5. The number of rotatable bonds is 19. The Kier molecular flexibility index (Phi) is 15.6. The summed E-state index contributed by atoms with van der Waals surface area (Å²) in [7, 11) is 3.30.